The van der Waals surface area contributed by atoms with E-state index in [4.69, 9.17) is 0 Å². The molecule has 0 atom stereocenters. The van der Waals surface area contributed by atoms with Crippen LogP contribution in [-0.2, 0) is 28.3 Å². The average molecular weight is 459 g/mol. The van der Waals surface area contributed by atoms with Gasteiger partial charge in [0, 0.05) is 38.0 Å². The summed E-state index contributed by atoms with van der Waals surface area (Å²) in [6.45, 7) is 5.47. The largest absolute Gasteiger partial charge is 0.391 e. The number of carbonyl (C=O) groups is 1. The van der Waals surface area contributed by atoms with Crippen molar-refractivity contribution in [1.82, 2.24) is 24.8 Å². The first kappa shape index (κ1) is 23.5. The van der Waals surface area contributed by atoms with Gasteiger partial charge in [0.2, 0.25) is 10.0 Å². The number of nitrogens with zero attached hydrogens (tertiary/aromatic N) is 4. The summed E-state index contributed by atoms with van der Waals surface area (Å²) in [6, 6.07) is 3.96. The molecule has 0 saturated heterocycles. The minimum atomic E-state index is -3.77. The fraction of sp³-hybridized carbons (Fsp3) is 0.409. The molecule has 0 aliphatic carbocycles. The number of sulfonamides is 1. The fourth-order valence-electron chi connectivity index (χ4n) is 3.60. The molecule has 9 nitrogen and oxygen atoms in total. The van der Waals surface area contributed by atoms with Gasteiger partial charge in [-0.2, -0.15) is 5.10 Å². The third-order valence-corrected chi connectivity index (χ3v) is 6.25. The lowest BCUT2D eigenvalue weighted by atomic mass is 10.2. The molecule has 32 heavy (non-hydrogen) atoms. The van der Waals surface area contributed by atoms with Crippen molar-refractivity contribution in [3.05, 3.63) is 53.5 Å². The van der Waals surface area contributed by atoms with Crippen LogP contribution in [0.15, 0.2) is 36.7 Å². The summed E-state index contributed by atoms with van der Waals surface area (Å²) < 4.78 is 28.1. The van der Waals surface area contributed by atoms with Crippen LogP contribution in [0.2, 0.25) is 0 Å². The molecule has 1 aliphatic heterocycles. The zero-order chi connectivity index (χ0) is 23.1. The van der Waals surface area contributed by atoms with Crippen molar-refractivity contribution >= 4 is 33.6 Å². The SMILES string of the molecule is CCCCNC=CCS(=O)(=O)NC(=O)/C=C/c1c(C)nn(C)c1N1CCc2cccnc21. The second kappa shape index (κ2) is 10.4. The van der Waals surface area contributed by atoms with Crippen LogP contribution < -0.4 is 14.9 Å². The molecule has 2 aromatic rings. The number of hydrogen-bond acceptors (Lipinski definition) is 7. The standard InChI is InChI=1S/C22H30N6O3S/c1-4-5-12-23-13-7-16-32(30,31)26-20(29)10-9-19-17(2)25-27(3)22(19)28-15-11-18-8-6-14-24-21(18)28/h6-10,13-14,23H,4-5,11-12,15-16H2,1-3H3,(H,26,29)/b10-9+,13-7?. The topological polar surface area (TPSA) is 109 Å². The molecule has 1 aliphatic rings. The minimum absolute atomic E-state index is 0.279. The van der Waals surface area contributed by atoms with Crippen LogP contribution in [0.1, 0.15) is 36.6 Å². The Balaban J connectivity index is 1.69. The third-order valence-electron chi connectivity index (χ3n) is 5.10. The van der Waals surface area contributed by atoms with Crippen molar-refractivity contribution < 1.29 is 13.2 Å². The van der Waals surface area contributed by atoms with Gasteiger partial charge in [0.25, 0.3) is 5.91 Å². The highest BCUT2D eigenvalue weighted by molar-refractivity contribution is 7.90. The Morgan fingerprint density at radius 1 is 1.34 bits per heavy atom. The number of unbranched alkanes of at least 4 members (excludes halogenated alkanes) is 1. The van der Waals surface area contributed by atoms with Crippen molar-refractivity contribution in [2.75, 3.05) is 23.7 Å². The van der Waals surface area contributed by atoms with Crippen molar-refractivity contribution in [3.63, 3.8) is 0 Å². The summed E-state index contributed by atoms with van der Waals surface area (Å²) in [4.78, 5) is 18.8. The molecular formula is C22H30N6O3S. The maximum atomic E-state index is 12.3. The van der Waals surface area contributed by atoms with Crippen molar-refractivity contribution in [1.29, 1.82) is 0 Å². The highest BCUT2D eigenvalue weighted by atomic mass is 32.2. The lowest BCUT2D eigenvalue weighted by Gasteiger charge is -2.19. The van der Waals surface area contributed by atoms with E-state index in [0.717, 1.165) is 60.8 Å². The fourth-order valence-corrected chi connectivity index (χ4v) is 4.41. The predicted molar refractivity (Wildman–Crippen MR) is 126 cm³/mol. The van der Waals surface area contributed by atoms with Gasteiger partial charge in [0.1, 0.15) is 11.6 Å². The smallest absolute Gasteiger partial charge is 0.257 e. The van der Waals surface area contributed by atoms with Crippen LogP contribution >= 0.6 is 0 Å². The number of rotatable bonds is 10. The Morgan fingerprint density at radius 3 is 2.94 bits per heavy atom. The Bertz CT molecular complexity index is 1120. The molecule has 0 spiro atoms. The van der Waals surface area contributed by atoms with E-state index in [0.29, 0.717) is 0 Å². The monoisotopic (exact) mass is 458 g/mol. The maximum Gasteiger partial charge on any atom is 0.257 e. The molecule has 1 amide bonds. The summed E-state index contributed by atoms with van der Waals surface area (Å²) in [5.74, 6) is 0.704. The van der Waals surface area contributed by atoms with E-state index in [1.54, 1.807) is 23.2 Å². The van der Waals surface area contributed by atoms with Crippen LogP contribution in [-0.4, -0.2) is 47.9 Å². The van der Waals surface area contributed by atoms with E-state index >= 15 is 0 Å². The van der Waals surface area contributed by atoms with Crippen molar-refractivity contribution in [2.24, 2.45) is 7.05 Å². The number of amides is 1. The number of nitrogens with one attached hydrogen (secondary N) is 2. The first-order valence-corrected chi connectivity index (χ1v) is 12.3. The van der Waals surface area contributed by atoms with Gasteiger partial charge in [-0.05, 0) is 43.7 Å². The summed E-state index contributed by atoms with van der Waals surface area (Å²) >= 11 is 0. The maximum absolute atomic E-state index is 12.3. The van der Waals surface area contributed by atoms with Gasteiger partial charge in [-0.15, -0.1) is 0 Å². The Kier molecular flexibility index (Phi) is 7.68. The first-order chi connectivity index (χ1) is 15.3. The van der Waals surface area contributed by atoms with E-state index in [-0.39, 0.29) is 5.75 Å². The number of carbonyl (C=O) groups excluding carboxylic acids is 1. The van der Waals surface area contributed by atoms with E-state index in [1.165, 1.54) is 12.2 Å². The van der Waals surface area contributed by atoms with Crippen LogP contribution in [0.25, 0.3) is 6.08 Å². The number of hydrogen-bond donors (Lipinski definition) is 2. The molecule has 0 aromatic carbocycles. The molecule has 0 fully saturated rings. The van der Waals surface area contributed by atoms with E-state index in [2.05, 4.69) is 31.9 Å². The zero-order valence-corrected chi connectivity index (χ0v) is 19.5. The van der Waals surface area contributed by atoms with Crippen molar-refractivity contribution in [2.45, 2.75) is 33.1 Å². The van der Waals surface area contributed by atoms with Gasteiger partial charge in [-0.3, -0.25) is 9.48 Å². The van der Waals surface area contributed by atoms with Gasteiger partial charge < -0.3 is 10.2 Å². The van der Waals surface area contributed by atoms with Crippen LogP contribution in [0.3, 0.4) is 0 Å². The zero-order valence-electron chi connectivity index (χ0n) is 18.7. The number of anilines is 2. The third kappa shape index (κ3) is 5.76. The van der Waals surface area contributed by atoms with Crippen molar-refractivity contribution in [3.8, 4) is 0 Å². The number of fused-ring (bicyclic) bond motifs is 1. The number of aryl methyl sites for hydroxylation is 2. The van der Waals surface area contributed by atoms with E-state index < -0.39 is 15.9 Å². The molecule has 3 heterocycles. The number of pyridine rings is 1. The summed E-state index contributed by atoms with van der Waals surface area (Å²) in [5, 5.41) is 7.50. The Morgan fingerprint density at radius 2 is 2.16 bits per heavy atom. The lowest BCUT2D eigenvalue weighted by Crippen LogP contribution is -2.30. The van der Waals surface area contributed by atoms with Gasteiger partial charge in [0.15, 0.2) is 0 Å². The molecule has 2 N–H and O–H groups in total. The summed E-state index contributed by atoms with van der Waals surface area (Å²) in [6.07, 6.45) is 10.6. The summed E-state index contributed by atoms with van der Waals surface area (Å²) in [7, 11) is -1.93. The average Bonchev–Trinajstić information content (AvgIpc) is 3.28. The van der Waals surface area contributed by atoms with Gasteiger partial charge in [-0.1, -0.05) is 25.5 Å². The van der Waals surface area contributed by atoms with Gasteiger partial charge >= 0.3 is 0 Å². The molecule has 0 unspecified atom stereocenters. The van der Waals surface area contributed by atoms with E-state index in [9.17, 15) is 13.2 Å². The molecule has 10 heteroatoms. The minimum Gasteiger partial charge on any atom is -0.391 e. The lowest BCUT2D eigenvalue weighted by molar-refractivity contribution is -0.114. The highest BCUT2D eigenvalue weighted by Crippen LogP contribution is 2.35. The van der Waals surface area contributed by atoms with Crippen LogP contribution in [0, 0.1) is 6.92 Å². The molecule has 0 radical (unpaired) electrons. The predicted octanol–water partition coefficient (Wildman–Crippen LogP) is 2.18. The molecule has 172 valence electrons. The van der Waals surface area contributed by atoms with Crippen LogP contribution in [0.4, 0.5) is 11.6 Å². The molecule has 2 aromatic heterocycles. The summed E-state index contributed by atoms with van der Waals surface area (Å²) in [5.41, 5.74) is 2.64. The molecule has 0 bridgehead atoms. The second-order valence-electron chi connectivity index (χ2n) is 7.63. The first-order valence-electron chi connectivity index (χ1n) is 10.7. The van der Waals surface area contributed by atoms with E-state index in [1.807, 2.05) is 26.1 Å². The van der Waals surface area contributed by atoms with Gasteiger partial charge in [0.05, 0.1) is 11.4 Å². The van der Waals surface area contributed by atoms with Gasteiger partial charge in [-0.25, -0.2) is 18.1 Å². The van der Waals surface area contributed by atoms with Crippen LogP contribution in [0.5, 0.6) is 0 Å². The molecule has 3 rings (SSSR count). The second-order valence-corrected chi connectivity index (χ2v) is 9.39. The molecular weight excluding hydrogens is 428 g/mol. The quantitative estimate of drug-likeness (QED) is 0.415. The highest BCUT2D eigenvalue weighted by Gasteiger charge is 2.26. The molecule has 0 saturated carbocycles. The Labute approximate surface area is 189 Å². The number of aromatic nitrogens is 3. The Hall–Kier alpha value is -3.14. The normalized spacial score (nSPS) is 13.8.